The molecule has 0 unspecified atom stereocenters. The molecule has 5 nitrogen and oxygen atoms in total. The first-order valence-electron chi connectivity index (χ1n) is 12.5. The van der Waals surface area contributed by atoms with Crippen molar-refractivity contribution < 1.29 is 14.6 Å². The summed E-state index contributed by atoms with van der Waals surface area (Å²) in [5, 5.41) is 10.5. The molecule has 1 N–H and O–H groups in total. The molecule has 2 aliphatic carbocycles. The average Bonchev–Trinajstić information content (AvgIpc) is 3.67. The van der Waals surface area contributed by atoms with E-state index in [4.69, 9.17) is 4.74 Å². The van der Waals surface area contributed by atoms with Crippen molar-refractivity contribution in [2.75, 3.05) is 6.54 Å². The van der Waals surface area contributed by atoms with Crippen LogP contribution in [-0.4, -0.2) is 38.8 Å². The van der Waals surface area contributed by atoms with Gasteiger partial charge >= 0.3 is 6.09 Å². The zero-order valence-electron chi connectivity index (χ0n) is 20.1. The lowest BCUT2D eigenvalue weighted by Gasteiger charge is -2.45. The van der Waals surface area contributed by atoms with Gasteiger partial charge in [0, 0.05) is 42.8 Å². The van der Waals surface area contributed by atoms with E-state index < -0.39 is 11.2 Å². The number of carbonyl (C=O) groups is 1. The van der Waals surface area contributed by atoms with Gasteiger partial charge in [0.1, 0.15) is 5.60 Å². The highest BCUT2D eigenvalue weighted by Gasteiger charge is 2.47. The van der Waals surface area contributed by atoms with Crippen molar-refractivity contribution in [3.8, 4) is 11.1 Å². The van der Waals surface area contributed by atoms with E-state index in [1.807, 2.05) is 11.1 Å². The maximum atomic E-state index is 13.1. The Hall–Kier alpha value is -2.40. The number of amides is 1. The molecular weight excluding hydrogens is 412 g/mol. The zero-order valence-corrected chi connectivity index (χ0v) is 20.1. The maximum Gasteiger partial charge on any atom is 0.410 e. The van der Waals surface area contributed by atoms with Crippen LogP contribution in [0.25, 0.3) is 11.1 Å². The Morgan fingerprint density at radius 1 is 1.12 bits per heavy atom. The number of hydrogen-bond acceptors (Lipinski definition) is 4. The predicted octanol–water partition coefficient (Wildman–Crippen LogP) is 6.23. The predicted molar refractivity (Wildman–Crippen MR) is 129 cm³/mol. The first-order chi connectivity index (χ1) is 15.7. The molecule has 2 heterocycles. The van der Waals surface area contributed by atoms with Crippen molar-refractivity contribution in [3.63, 3.8) is 0 Å². The second-order valence-corrected chi connectivity index (χ2v) is 11.2. The first kappa shape index (κ1) is 22.4. The number of nitrogens with zero attached hydrogens (tertiary/aromatic N) is 2. The Bertz CT molecular complexity index is 987. The topological polar surface area (TPSA) is 62.7 Å². The number of cyclic esters (lactones) is 1. The molecule has 5 rings (SSSR count). The second-order valence-electron chi connectivity index (χ2n) is 11.2. The van der Waals surface area contributed by atoms with Crippen LogP contribution in [0.2, 0.25) is 0 Å². The lowest BCUT2D eigenvalue weighted by Crippen LogP contribution is -2.53. The summed E-state index contributed by atoms with van der Waals surface area (Å²) in [5.41, 5.74) is 3.15. The summed E-state index contributed by atoms with van der Waals surface area (Å²) in [6.45, 7) is 6.32. The molecule has 0 spiro atoms. The van der Waals surface area contributed by atoms with Crippen molar-refractivity contribution >= 4 is 6.09 Å². The van der Waals surface area contributed by atoms with Crippen molar-refractivity contribution in [2.24, 2.45) is 5.92 Å². The molecule has 1 aliphatic heterocycles. The molecule has 3 aliphatic rings. The highest BCUT2D eigenvalue weighted by Crippen LogP contribution is 2.45. The maximum absolute atomic E-state index is 13.1. The number of benzene rings is 1. The molecule has 1 aromatic carbocycles. The molecule has 33 heavy (non-hydrogen) atoms. The minimum atomic E-state index is -0.857. The summed E-state index contributed by atoms with van der Waals surface area (Å²) in [6.07, 6.45) is 8.76. The smallest absolute Gasteiger partial charge is 0.410 e. The van der Waals surface area contributed by atoms with Gasteiger partial charge in [-0.3, -0.25) is 4.98 Å². The minimum Gasteiger partial charge on any atom is -0.443 e. The summed E-state index contributed by atoms with van der Waals surface area (Å²) in [5.74, 6) is 1.29. The van der Waals surface area contributed by atoms with Crippen LogP contribution in [0.3, 0.4) is 0 Å². The molecule has 176 valence electrons. The normalized spacial score (nSPS) is 24.5. The number of ether oxygens (including phenoxy) is 1. The molecule has 2 atom stereocenters. The highest BCUT2D eigenvalue weighted by atomic mass is 16.6. The summed E-state index contributed by atoms with van der Waals surface area (Å²) in [6, 6.07) is 12.7. The molecule has 2 saturated carbocycles. The summed E-state index contributed by atoms with van der Waals surface area (Å²) in [7, 11) is 0. The van der Waals surface area contributed by atoms with E-state index in [0.29, 0.717) is 24.8 Å². The van der Waals surface area contributed by atoms with E-state index in [0.717, 1.165) is 29.5 Å². The third-order valence-corrected chi connectivity index (χ3v) is 7.43. The van der Waals surface area contributed by atoms with Crippen LogP contribution in [0.5, 0.6) is 0 Å². The fourth-order valence-electron chi connectivity index (χ4n) is 5.37. The quantitative estimate of drug-likeness (QED) is 0.520. The standard InChI is InChI=1S/C28H36N2O3/c1-19(21-6-8-22(9-7-21)24-12-13-25(29-17-24)23-10-11-23)30-15-14-28(33-26(30)31,16-20-4-5-20)18-27(2,3)32/h6-9,12-13,17,19-20,23,32H,4-5,10-11,14-16,18H2,1-3H3/t19-,28+/m0/s1. The van der Waals surface area contributed by atoms with E-state index >= 15 is 0 Å². The van der Waals surface area contributed by atoms with Gasteiger partial charge in [0.25, 0.3) is 0 Å². The highest BCUT2D eigenvalue weighted by molar-refractivity contribution is 5.70. The van der Waals surface area contributed by atoms with Crippen molar-refractivity contribution in [1.29, 1.82) is 0 Å². The molecule has 1 amide bonds. The summed E-state index contributed by atoms with van der Waals surface area (Å²) in [4.78, 5) is 19.6. The molecular formula is C28H36N2O3. The number of pyridine rings is 1. The van der Waals surface area contributed by atoms with E-state index in [1.165, 1.54) is 31.4 Å². The van der Waals surface area contributed by atoms with Crippen LogP contribution in [-0.2, 0) is 4.74 Å². The van der Waals surface area contributed by atoms with E-state index in [1.54, 1.807) is 13.8 Å². The Kier molecular flexibility index (Phi) is 5.72. The molecule has 2 aromatic rings. The van der Waals surface area contributed by atoms with Crippen molar-refractivity contribution in [3.05, 3.63) is 53.9 Å². The van der Waals surface area contributed by atoms with Gasteiger partial charge in [0.15, 0.2) is 0 Å². The van der Waals surface area contributed by atoms with Gasteiger partial charge in [0.2, 0.25) is 0 Å². The Morgan fingerprint density at radius 3 is 2.36 bits per heavy atom. The monoisotopic (exact) mass is 448 g/mol. The number of hydrogen-bond donors (Lipinski definition) is 1. The van der Waals surface area contributed by atoms with E-state index in [2.05, 4.69) is 48.3 Å². The van der Waals surface area contributed by atoms with Crippen LogP contribution in [0.15, 0.2) is 42.6 Å². The van der Waals surface area contributed by atoms with E-state index in [-0.39, 0.29) is 12.1 Å². The number of rotatable bonds is 8. The largest absolute Gasteiger partial charge is 0.443 e. The van der Waals surface area contributed by atoms with Gasteiger partial charge in [0.05, 0.1) is 11.6 Å². The molecule has 0 bridgehead atoms. The van der Waals surface area contributed by atoms with E-state index in [9.17, 15) is 9.90 Å². The third-order valence-electron chi connectivity index (χ3n) is 7.43. The minimum absolute atomic E-state index is 0.0667. The van der Waals surface area contributed by atoms with Gasteiger partial charge in [-0.25, -0.2) is 4.79 Å². The van der Waals surface area contributed by atoms with Crippen LogP contribution in [0, 0.1) is 5.92 Å². The zero-order chi connectivity index (χ0) is 23.2. The Labute approximate surface area is 197 Å². The second kappa shape index (κ2) is 8.43. The number of aromatic nitrogens is 1. The van der Waals surface area contributed by atoms with Crippen molar-refractivity contribution in [2.45, 2.75) is 88.9 Å². The lowest BCUT2D eigenvalue weighted by molar-refractivity contribution is -0.102. The van der Waals surface area contributed by atoms with Gasteiger partial charge in [-0.1, -0.05) is 43.2 Å². The van der Waals surface area contributed by atoms with Crippen LogP contribution >= 0.6 is 0 Å². The van der Waals surface area contributed by atoms with Gasteiger partial charge in [-0.15, -0.1) is 0 Å². The van der Waals surface area contributed by atoms with Gasteiger partial charge < -0.3 is 14.7 Å². The van der Waals surface area contributed by atoms with Crippen LogP contribution in [0.4, 0.5) is 4.79 Å². The summed E-state index contributed by atoms with van der Waals surface area (Å²) < 4.78 is 6.10. The number of carbonyl (C=O) groups excluding carboxylic acids is 1. The third kappa shape index (κ3) is 5.24. The van der Waals surface area contributed by atoms with Gasteiger partial charge in [-0.2, -0.15) is 0 Å². The van der Waals surface area contributed by atoms with Crippen LogP contribution < -0.4 is 0 Å². The van der Waals surface area contributed by atoms with Crippen molar-refractivity contribution in [1.82, 2.24) is 9.88 Å². The molecule has 0 radical (unpaired) electrons. The van der Waals surface area contributed by atoms with Crippen LogP contribution in [0.1, 0.15) is 88.9 Å². The average molecular weight is 449 g/mol. The summed E-state index contributed by atoms with van der Waals surface area (Å²) >= 11 is 0. The Balaban J connectivity index is 1.26. The molecule has 1 aromatic heterocycles. The molecule has 1 saturated heterocycles. The number of aliphatic hydroxyl groups is 1. The fourth-order valence-corrected chi connectivity index (χ4v) is 5.37. The molecule has 5 heteroatoms. The first-order valence-corrected chi connectivity index (χ1v) is 12.5. The SMILES string of the molecule is C[C@@H](c1ccc(-c2ccc(C3CC3)nc2)cc1)N1CC[C@@](CC2CC2)(CC(C)(C)O)OC1=O. The lowest BCUT2D eigenvalue weighted by atomic mass is 9.81. The van der Waals surface area contributed by atoms with Gasteiger partial charge in [-0.05, 0) is 63.1 Å². The Morgan fingerprint density at radius 2 is 1.82 bits per heavy atom. The molecule has 3 fully saturated rings. The fraction of sp³-hybridized carbons (Fsp3) is 0.571.